The number of rotatable bonds is 7. The van der Waals surface area contributed by atoms with Crippen molar-refractivity contribution in [1.82, 2.24) is 4.90 Å². The number of carbonyl (C=O) groups excluding carboxylic acids is 2. The molecule has 0 spiro atoms. The van der Waals surface area contributed by atoms with Crippen LogP contribution in [0.15, 0.2) is 24.3 Å². The second-order valence-corrected chi connectivity index (χ2v) is 8.42. The molecule has 7 nitrogen and oxygen atoms in total. The highest BCUT2D eigenvalue weighted by Crippen LogP contribution is 2.34. The van der Waals surface area contributed by atoms with E-state index in [1.807, 2.05) is 26.0 Å². The lowest BCUT2D eigenvalue weighted by Gasteiger charge is -2.35. The highest BCUT2D eigenvalue weighted by molar-refractivity contribution is 7.16. The molecule has 2 heterocycles. The minimum Gasteiger partial charge on any atom is -0.497 e. The van der Waals surface area contributed by atoms with Gasteiger partial charge in [0, 0.05) is 36.7 Å². The Hall–Kier alpha value is -2.58. The molecular weight excluding hydrogens is 402 g/mol. The fourth-order valence-electron chi connectivity index (χ4n) is 3.74. The van der Waals surface area contributed by atoms with Gasteiger partial charge in [0.25, 0.3) is 0 Å². The fraction of sp³-hybridized carbons (Fsp3) is 0.455. The number of nitrogens with one attached hydrogen (secondary N) is 1. The van der Waals surface area contributed by atoms with E-state index in [4.69, 9.17) is 9.47 Å². The van der Waals surface area contributed by atoms with Crippen LogP contribution < -0.4 is 15.0 Å². The summed E-state index contributed by atoms with van der Waals surface area (Å²) in [5.74, 6) is 0.331. The van der Waals surface area contributed by atoms with Crippen molar-refractivity contribution in [2.45, 2.75) is 20.3 Å². The number of anilines is 2. The van der Waals surface area contributed by atoms with E-state index in [0.717, 1.165) is 54.5 Å². The summed E-state index contributed by atoms with van der Waals surface area (Å²) in [6.45, 7) is 7.56. The number of esters is 1. The zero-order valence-electron chi connectivity index (χ0n) is 18.0. The van der Waals surface area contributed by atoms with Crippen molar-refractivity contribution in [3.05, 3.63) is 40.3 Å². The second kappa shape index (κ2) is 9.95. The summed E-state index contributed by atoms with van der Waals surface area (Å²) in [4.78, 5) is 30.3. The normalized spacial score (nSPS) is 14.5. The van der Waals surface area contributed by atoms with Crippen molar-refractivity contribution in [1.29, 1.82) is 0 Å². The van der Waals surface area contributed by atoms with Crippen molar-refractivity contribution in [2.75, 3.05) is 57.2 Å². The van der Waals surface area contributed by atoms with Gasteiger partial charge < -0.3 is 19.7 Å². The number of piperazine rings is 1. The third-order valence-electron chi connectivity index (χ3n) is 5.38. The molecule has 1 aromatic carbocycles. The number of thiophene rings is 1. The van der Waals surface area contributed by atoms with Crippen LogP contribution in [0.1, 0.15) is 27.7 Å². The third kappa shape index (κ3) is 4.94. The Morgan fingerprint density at radius 2 is 1.77 bits per heavy atom. The first-order valence-electron chi connectivity index (χ1n) is 10.1. The predicted octanol–water partition coefficient (Wildman–Crippen LogP) is 3.17. The number of carbonyl (C=O) groups is 2. The average molecular weight is 432 g/mol. The lowest BCUT2D eigenvalue weighted by Crippen LogP contribution is -2.48. The number of ether oxygens (including phenoxy) is 2. The van der Waals surface area contributed by atoms with E-state index in [0.29, 0.717) is 17.1 Å². The highest BCUT2D eigenvalue weighted by atomic mass is 32.1. The van der Waals surface area contributed by atoms with Crippen molar-refractivity contribution in [3.63, 3.8) is 0 Å². The number of hydrogen-bond acceptors (Lipinski definition) is 7. The average Bonchev–Trinajstić information content (AvgIpc) is 3.08. The summed E-state index contributed by atoms with van der Waals surface area (Å²) in [5, 5.41) is 3.52. The first-order valence-corrected chi connectivity index (χ1v) is 10.9. The Balaban J connectivity index is 1.57. The molecule has 1 aliphatic rings. The minimum absolute atomic E-state index is 0.109. The van der Waals surface area contributed by atoms with Crippen molar-refractivity contribution in [3.8, 4) is 5.75 Å². The van der Waals surface area contributed by atoms with Crippen LogP contribution in [-0.2, 0) is 16.0 Å². The van der Waals surface area contributed by atoms with Gasteiger partial charge in [-0.25, -0.2) is 4.79 Å². The van der Waals surface area contributed by atoms with Crippen molar-refractivity contribution >= 4 is 33.9 Å². The standard InChI is InChI=1S/C22H29N3O4S/c1-5-18-15(2)30-21(20(18)22(27)29-4)23-19(26)14-24-10-12-25(13-11-24)16-6-8-17(28-3)9-7-16/h6-9H,5,10-14H2,1-4H3,(H,23,26). The van der Waals surface area contributed by atoms with Gasteiger partial charge in [-0.15, -0.1) is 11.3 Å². The van der Waals surface area contributed by atoms with Crippen molar-refractivity contribution in [2.24, 2.45) is 0 Å². The lowest BCUT2D eigenvalue weighted by atomic mass is 10.1. The summed E-state index contributed by atoms with van der Waals surface area (Å²) in [6.07, 6.45) is 0.718. The largest absolute Gasteiger partial charge is 0.497 e. The number of amides is 1. The zero-order chi connectivity index (χ0) is 21.7. The van der Waals surface area contributed by atoms with Crippen LogP contribution >= 0.6 is 11.3 Å². The molecule has 1 saturated heterocycles. The van der Waals surface area contributed by atoms with Crippen LogP contribution in [0.5, 0.6) is 5.75 Å². The Morgan fingerprint density at radius 3 is 2.33 bits per heavy atom. The molecule has 0 aliphatic carbocycles. The van der Waals surface area contributed by atoms with E-state index >= 15 is 0 Å². The first kappa shape index (κ1) is 22.1. The summed E-state index contributed by atoms with van der Waals surface area (Å²) in [5.41, 5.74) is 2.58. The Labute approximate surface area is 181 Å². The quantitative estimate of drug-likeness (QED) is 0.679. The third-order valence-corrected chi connectivity index (χ3v) is 6.44. The smallest absolute Gasteiger partial charge is 0.341 e. The molecule has 0 unspecified atom stereocenters. The molecule has 0 bridgehead atoms. The number of benzene rings is 1. The summed E-state index contributed by atoms with van der Waals surface area (Å²) < 4.78 is 10.1. The van der Waals surface area contributed by atoms with Crippen LogP contribution in [-0.4, -0.2) is 63.7 Å². The van der Waals surface area contributed by atoms with Crippen LogP contribution in [0.2, 0.25) is 0 Å². The SMILES string of the molecule is CCc1c(C)sc(NC(=O)CN2CCN(c3ccc(OC)cc3)CC2)c1C(=O)OC. The molecule has 0 saturated carbocycles. The Morgan fingerprint density at radius 1 is 1.10 bits per heavy atom. The van der Waals surface area contributed by atoms with Crippen LogP contribution in [0.3, 0.4) is 0 Å². The van der Waals surface area contributed by atoms with Crippen LogP contribution in [0, 0.1) is 6.92 Å². The second-order valence-electron chi connectivity index (χ2n) is 7.20. The topological polar surface area (TPSA) is 71.1 Å². The molecule has 1 fully saturated rings. The summed E-state index contributed by atoms with van der Waals surface area (Å²) >= 11 is 1.43. The molecule has 3 rings (SSSR count). The van der Waals surface area contributed by atoms with Crippen molar-refractivity contribution < 1.29 is 19.1 Å². The monoisotopic (exact) mass is 431 g/mol. The van der Waals surface area contributed by atoms with Gasteiger partial charge in [0.2, 0.25) is 5.91 Å². The molecule has 1 N–H and O–H groups in total. The predicted molar refractivity (Wildman–Crippen MR) is 120 cm³/mol. The minimum atomic E-state index is -0.403. The molecule has 1 aliphatic heterocycles. The molecule has 8 heteroatoms. The number of nitrogens with zero attached hydrogens (tertiary/aromatic N) is 2. The van der Waals surface area contributed by atoms with Gasteiger partial charge in [-0.2, -0.15) is 0 Å². The number of methoxy groups -OCH3 is 2. The van der Waals surface area contributed by atoms with Crippen LogP contribution in [0.25, 0.3) is 0 Å². The van der Waals surface area contributed by atoms with Crippen LogP contribution in [0.4, 0.5) is 10.7 Å². The maximum Gasteiger partial charge on any atom is 0.341 e. The van der Waals surface area contributed by atoms with Gasteiger partial charge in [-0.1, -0.05) is 6.92 Å². The molecule has 0 radical (unpaired) electrons. The maximum absolute atomic E-state index is 12.6. The highest BCUT2D eigenvalue weighted by Gasteiger charge is 2.24. The Kier molecular flexibility index (Phi) is 7.33. The van der Waals surface area contributed by atoms with E-state index in [1.54, 1.807) is 7.11 Å². The molecule has 162 valence electrons. The molecule has 1 amide bonds. The summed E-state index contributed by atoms with van der Waals surface area (Å²) in [7, 11) is 3.02. The Bertz CT molecular complexity index is 887. The molecule has 30 heavy (non-hydrogen) atoms. The first-order chi connectivity index (χ1) is 14.5. The van der Waals surface area contributed by atoms with E-state index < -0.39 is 5.97 Å². The lowest BCUT2D eigenvalue weighted by molar-refractivity contribution is -0.117. The van der Waals surface area contributed by atoms with E-state index in [-0.39, 0.29) is 5.91 Å². The van der Waals surface area contributed by atoms with Gasteiger partial charge in [-0.05, 0) is 43.2 Å². The molecular formula is C22H29N3O4S. The molecule has 1 aromatic heterocycles. The van der Waals surface area contributed by atoms with Gasteiger partial charge >= 0.3 is 5.97 Å². The maximum atomic E-state index is 12.6. The number of aryl methyl sites for hydroxylation is 1. The fourth-order valence-corrected chi connectivity index (χ4v) is 4.89. The van der Waals surface area contributed by atoms with E-state index in [2.05, 4.69) is 27.2 Å². The van der Waals surface area contributed by atoms with E-state index in [9.17, 15) is 9.59 Å². The van der Waals surface area contributed by atoms with Gasteiger partial charge in [-0.3, -0.25) is 9.69 Å². The summed E-state index contributed by atoms with van der Waals surface area (Å²) in [6, 6.07) is 8.03. The van der Waals surface area contributed by atoms with Gasteiger partial charge in [0.15, 0.2) is 0 Å². The molecule has 2 aromatic rings. The number of hydrogen-bond donors (Lipinski definition) is 1. The van der Waals surface area contributed by atoms with Gasteiger partial charge in [0.05, 0.1) is 26.3 Å². The van der Waals surface area contributed by atoms with Gasteiger partial charge in [0.1, 0.15) is 10.8 Å². The zero-order valence-corrected chi connectivity index (χ0v) is 18.8. The molecule has 0 atom stereocenters. The van der Waals surface area contributed by atoms with E-state index in [1.165, 1.54) is 18.4 Å².